The van der Waals surface area contributed by atoms with Gasteiger partial charge in [0.25, 0.3) is 12.2 Å². The van der Waals surface area contributed by atoms with Gasteiger partial charge in [-0.05, 0) is 56.3 Å². The van der Waals surface area contributed by atoms with E-state index >= 15 is 0 Å². The predicted molar refractivity (Wildman–Crippen MR) is 123 cm³/mol. The Balaban J connectivity index is 0.000000821. The molecule has 2 aromatic heterocycles. The van der Waals surface area contributed by atoms with Gasteiger partial charge >= 0.3 is 0 Å². The molecule has 2 atom stereocenters. The molecule has 1 aromatic carbocycles. The van der Waals surface area contributed by atoms with Crippen molar-refractivity contribution in [2.75, 3.05) is 19.6 Å². The quantitative estimate of drug-likeness (QED) is 0.530. The summed E-state index contributed by atoms with van der Waals surface area (Å²) in [5.74, 6) is 1.52. The summed E-state index contributed by atoms with van der Waals surface area (Å²) in [6.45, 7) is 2.75. The molecule has 1 saturated carbocycles. The Morgan fingerprint density at radius 1 is 1.18 bits per heavy atom. The second-order valence-electron chi connectivity index (χ2n) is 8.67. The van der Waals surface area contributed by atoms with Gasteiger partial charge in [-0.1, -0.05) is 30.3 Å². The van der Waals surface area contributed by atoms with Gasteiger partial charge in [-0.25, -0.2) is 9.50 Å². The van der Waals surface area contributed by atoms with E-state index in [0.717, 1.165) is 51.7 Å². The van der Waals surface area contributed by atoms with Crippen molar-refractivity contribution < 1.29 is 14.7 Å². The van der Waals surface area contributed by atoms with Crippen LogP contribution in [0.1, 0.15) is 42.7 Å². The van der Waals surface area contributed by atoms with Crippen molar-refractivity contribution >= 4 is 18.2 Å². The van der Waals surface area contributed by atoms with E-state index in [-0.39, 0.29) is 24.3 Å². The van der Waals surface area contributed by atoms with E-state index in [1.807, 2.05) is 12.4 Å². The minimum atomic E-state index is -0.250. The van der Waals surface area contributed by atoms with Crippen molar-refractivity contribution in [3.05, 3.63) is 60.2 Å². The van der Waals surface area contributed by atoms with Crippen LogP contribution in [0.5, 0.6) is 0 Å². The smallest absolute Gasteiger partial charge is 0.290 e. The lowest BCUT2D eigenvalue weighted by Crippen LogP contribution is -2.52. The van der Waals surface area contributed by atoms with Crippen LogP contribution in [0.4, 0.5) is 0 Å². The molecule has 3 aromatic rings. The van der Waals surface area contributed by atoms with E-state index in [1.165, 1.54) is 17.5 Å². The zero-order valence-corrected chi connectivity index (χ0v) is 18.6. The molecule has 2 aliphatic rings. The second-order valence-corrected chi connectivity index (χ2v) is 8.67. The lowest BCUT2D eigenvalue weighted by Gasteiger charge is -2.39. The van der Waals surface area contributed by atoms with Crippen molar-refractivity contribution in [2.24, 2.45) is 5.92 Å². The maximum atomic E-state index is 12.5. The molecule has 2 fully saturated rings. The van der Waals surface area contributed by atoms with Crippen LogP contribution >= 0.6 is 0 Å². The van der Waals surface area contributed by atoms with Crippen LogP contribution < -0.4 is 5.32 Å². The number of piperidine rings is 1. The van der Waals surface area contributed by atoms with Crippen LogP contribution in [-0.4, -0.2) is 67.6 Å². The number of amides is 1. The molecule has 1 aliphatic heterocycles. The number of aryl methyl sites for hydroxylation is 1. The highest BCUT2D eigenvalue weighted by Crippen LogP contribution is 2.32. The molecule has 5 rings (SSSR count). The summed E-state index contributed by atoms with van der Waals surface area (Å²) in [7, 11) is 0. The number of nitrogens with one attached hydrogen (secondary N) is 1. The number of carbonyl (C=O) groups is 2. The summed E-state index contributed by atoms with van der Waals surface area (Å²) in [6.07, 6.45) is 10.6. The molecule has 0 spiro atoms. The zero-order valence-electron chi connectivity index (χ0n) is 18.6. The SMILES string of the molecule is O=C(N[C@@H]1CN(CCCc2cnc3ncnn3c2)CC[C@H]1c1ccccc1)C1CC1.O=CO. The largest absolute Gasteiger partial charge is 0.483 e. The lowest BCUT2D eigenvalue weighted by molar-refractivity contribution is -0.124. The van der Waals surface area contributed by atoms with Crippen LogP contribution in [0.3, 0.4) is 0 Å². The van der Waals surface area contributed by atoms with Crippen LogP contribution in [0, 0.1) is 5.92 Å². The zero-order chi connectivity index (χ0) is 23.0. The summed E-state index contributed by atoms with van der Waals surface area (Å²) in [5.41, 5.74) is 2.51. The van der Waals surface area contributed by atoms with Gasteiger partial charge in [-0.3, -0.25) is 9.59 Å². The van der Waals surface area contributed by atoms with E-state index in [9.17, 15) is 4.79 Å². The molecule has 9 heteroatoms. The molecule has 0 unspecified atom stereocenters. The molecule has 174 valence electrons. The highest BCUT2D eigenvalue weighted by molar-refractivity contribution is 5.81. The fraction of sp³-hybridized carbons (Fsp3) is 0.458. The number of likely N-dealkylation sites (tertiary alicyclic amines) is 1. The Morgan fingerprint density at radius 2 is 1.97 bits per heavy atom. The molecule has 1 aliphatic carbocycles. The predicted octanol–water partition coefficient (Wildman–Crippen LogP) is 2.14. The Labute approximate surface area is 192 Å². The van der Waals surface area contributed by atoms with Gasteiger partial charge in [0, 0.05) is 36.8 Å². The first-order chi connectivity index (χ1) is 16.2. The van der Waals surface area contributed by atoms with E-state index in [2.05, 4.69) is 55.6 Å². The van der Waals surface area contributed by atoms with Gasteiger partial charge in [0.1, 0.15) is 6.33 Å². The van der Waals surface area contributed by atoms with Crippen LogP contribution in [0.2, 0.25) is 0 Å². The average Bonchev–Trinajstić information content (AvgIpc) is 3.58. The molecule has 1 amide bonds. The third-order valence-corrected chi connectivity index (χ3v) is 6.33. The Bertz CT molecular complexity index is 1050. The van der Waals surface area contributed by atoms with Gasteiger partial charge in [-0.2, -0.15) is 10.1 Å². The molecular weight excluding hydrogens is 420 g/mol. The van der Waals surface area contributed by atoms with Crippen LogP contribution in [0.15, 0.2) is 49.1 Å². The second kappa shape index (κ2) is 11.0. The number of aromatic nitrogens is 4. The summed E-state index contributed by atoms with van der Waals surface area (Å²) in [4.78, 5) is 31.8. The van der Waals surface area contributed by atoms with Gasteiger partial charge in [0.15, 0.2) is 0 Å². The third-order valence-electron chi connectivity index (χ3n) is 6.33. The molecule has 1 saturated heterocycles. The van der Waals surface area contributed by atoms with Crippen molar-refractivity contribution in [3.8, 4) is 0 Å². The summed E-state index contributed by atoms with van der Waals surface area (Å²) in [6, 6.07) is 10.8. The fourth-order valence-electron chi connectivity index (χ4n) is 4.51. The monoisotopic (exact) mass is 450 g/mol. The molecule has 33 heavy (non-hydrogen) atoms. The summed E-state index contributed by atoms with van der Waals surface area (Å²) in [5, 5.41) is 14.4. The third kappa shape index (κ3) is 6.13. The number of hydrogen-bond acceptors (Lipinski definition) is 6. The van der Waals surface area contributed by atoms with Gasteiger partial charge in [0.2, 0.25) is 5.91 Å². The number of carboxylic acid groups (broad SMARTS) is 1. The Hall–Kier alpha value is -3.33. The lowest BCUT2D eigenvalue weighted by atomic mass is 9.85. The standard InChI is InChI=1S/C23H28N6O.CH2O2/c30-22(19-8-9-19)27-21-15-28(12-10-20(21)18-6-2-1-3-7-18)11-4-5-17-13-24-23-25-16-26-29(23)14-17;2-1-3/h1-3,6-7,13-14,16,19-21H,4-5,8-12,15H2,(H,27,30);1H,(H,2,3)/t20-,21+;/m0./s1. The molecule has 0 radical (unpaired) electrons. The fourth-order valence-corrected chi connectivity index (χ4v) is 4.51. The highest BCUT2D eigenvalue weighted by Gasteiger charge is 2.35. The van der Waals surface area contributed by atoms with E-state index < -0.39 is 0 Å². The minimum absolute atomic E-state index is 0.183. The van der Waals surface area contributed by atoms with Crippen molar-refractivity contribution in [3.63, 3.8) is 0 Å². The number of hydrogen-bond donors (Lipinski definition) is 2. The first-order valence-electron chi connectivity index (χ1n) is 11.5. The number of benzene rings is 1. The van der Waals surface area contributed by atoms with Crippen molar-refractivity contribution in [2.45, 2.75) is 44.1 Å². The first kappa shape index (κ1) is 22.8. The van der Waals surface area contributed by atoms with Gasteiger partial charge < -0.3 is 15.3 Å². The first-order valence-corrected chi connectivity index (χ1v) is 11.5. The Morgan fingerprint density at radius 3 is 2.73 bits per heavy atom. The number of rotatable bonds is 7. The van der Waals surface area contributed by atoms with Gasteiger partial charge in [0.05, 0.1) is 0 Å². The number of carbonyl (C=O) groups excluding carboxylic acids is 1. The number of fused-ring (bicyclic) bond motifs is 1. The topological polar surface area (TPSA) is 113 Å². The van der Waals surface area contributed by atoms with Crippen molar-refractivity contribution in [1.82, 2.24) is 29.8 Å². The normalized spacial score (nSPS) is 20.6. The summed E-state index contributed by atoms with van der Waals surface area (Å²) < 4.78 is 1.73. The maximum Gasteiger partial charge on any atom is 0.290 e. The molecule has 3 heterocycles. The van der Waals surface area contributed by atoms with Crippen molar-refractivity contribution in [1.29, 1.82) is 0 Å². The minimum Gasteiger partial charge on any atom is -0.483 e. The highest BCUT2D eigenvalue weighted by atomic mass is 16.3. The van der Waals surface area contributed by atoms with E-state index in [0.29, 0.717) is 11.7 Å². The Kier molecular flexibility index (Phi) is 7.62. The molecule has 9 nitrogen and oxygen atoms in total. The molecule has 0 bridgehead atoms. The summed E-state index contributed by atoms with van der Waals surface area (Å²) >= 11 is 0. The number of nitrogens with zero attached hydrogens (tertiary/aromatic N) is 5. The van der Waals surface area contributed by atoms with Crippen LogP contribution in [-0.2, 0) is 16.0 Å². The maximum absolute atomic E-state index is 12.5. The molecule has 2 N–H and O–H groups in total. The van der Waals surface area contributed by atoms with Gasteiger partial charge in [-0.15, -0.1) is 0 Å². The average molecular weight is 451 g/mol. The molecular formula is C24H30N6O3. The van der Waals surface area contributed by atoms with E-state index in [4.69, 9.17) is 9.90 Å². The van der Waals surface area contributed by atoms with E-state index in [1.54, 1.807) is 4.52 Å². The van der Waals surface area contributed by atoms with Crippen LogP contribution in [0.25, 0.3) is 5.78 Å².